The number of hydrogen-bond acceptors (Lipinski definition) is 5. The SMILES string of the molecule is Nc1cncnc1NCC1(CO)CCCCC1. The van der Waals surface area contributed by atoms with E-state index in [1.165, 1.54) is 25.6 Å². The van der Waals surface area contributed by atoms with E-state index in [2.05, 4.69) is 15.3 Å². The minimum Gasteiger partial charge on any atom is -0.396 e. The second kappa shape index (κ2) is 5.31. The molecule has 0 amide bonds. The van der Waals surface area contributed by atoms with Crippen molar-refractivity contribution in [2.45, 2.75) is 32.1 Å². The summed E-state index contributed by atoms with van der Waals surface area (Å²) in [4.78, 5) is 7.95. The van der Waals surface area contributed by atoms with Crippen LogP contribution in [0.1, 0.15) is 32.1 Å². The smallest absolute Gasteiger partial charge is 0.152 e. The summed E-state index contributed by atoms with van der Waals surface area (Å²) in [6, 6.07) is 0. The quantitative estimate of drug-likeness (QED) is 0.736. The van der Waals surface area contributed by atoms with Gasteiger partial charge in [0.25, 0.3) is 0 Å². The molecule has 0 aromatic carbocycles. The van der Waals surface area contributed by atoms with Crippen LogP contribution < -0.4 is 11.1 Å². The first-order valence-electron chi connectivity index (χ1n) is 6.16. The van der Waals surface area contributed by atoms with E-state index in [1.54, 1.807) is 6.20 Å². The molecule has 0 aliphatic heterocycles. The maximum Gasteiger partial charge on any atom is 0.152 e. The lowest BCUT2D eigenvalue weighted by Crippen LogP contribution is -2.35. The Morgan fingerprint density at radius 3 is 2.76 bits per heavy atom. The Bertz CT molecular complexity index is 363. The van der Waals surface area contributed by atoms with E-state index in [9.17, 15) is 5.11 Å². The number of nitrogens with zero attached hydrogens (tertiary/aromatic N) is 2. The number of nitrogen functional groups attached to an aromatic ring is 1. The van der Waals surface area contributed by atoms with Crippen LogP contribution in [0.15, 0.2) is 12.5 Å². The van der Waals surface area contributed by atoms with E-state index in [1.807, 2.05) is 0 Å². The fourth-order valence-electron chi connectivity index (χ4n) is 2.45. The summed E-state index contributed by atoms with van der Waals surface area (Å²) >= 11 is 0. The van der Waals surface area contributed by atoms with Gasteiger partial charge in [0.2, 0.25) is 0 Å². The van der Waals surface area contributed by atoms with Gasteiger partial charge in [0.05, 0.1) is 18.5 Å². The molecular formula is C12H20N4O. The number of aliphatic hydroxyl groups is 1. The third-order valence-electron chi connectivity index (χ3n) is 3.62. The zero-order valence-electron chi connectivity index (χ0n) is 10.0. The fourth-order valence-corrected chi connectivity index (χ4v) is 2.45. The number of nitrogens with one attached hydrogen (secondary N) is 1. The Labute approximate surface area is 101 Å². The average Bonchev–Trinajstić information content (AvgIpc) is 2.39. The lowest BCUT2D eigenvalue weighted by atomic mass is 9.74. The predicted octanol–water partition coefficient (Wildman–Crippen LogP) is 1.41. The Kier molecular flexibility index (Phi) is 3.78. The Hall–Kier alpha value is -1.36. The third kappa shape index (κ3) is 2.85. The van der Waals surface area contributed by atoms with Gasteiger partial charge < -0.3 is 16.2 Å². The van der Waals surface area contributed by atoms with Crippen LogP contribution in [0.5, 0.6) is 0 Å². The van der Waals surface area contributed by atoms with Crippen molar-refractivity contribution in [1.82, 2.24) is 9.97 Å². The number of nitrogens with two attached hydrogens (primary N) is 1. The molecular weight excluding hydrogens is 216 g/mol. The van der Waals surface area contributed by atoms with Gasteiger partial charge >= 0.3 is 0 Å². The minimum atomic E-state index is -0.00433. The summed E-state index contributed by atoms with van der Waals surface area (Å²) in [5.74, 6) is 0.665. The van der Waals surface area contributed by atoms with Crippen LogP contribution in [0.4, 0.5) is 11.5 Å². The first-order chi connectivity index (χ1) is 8.26. The minimum absolute atomic E-state index is 0.00433. The Balaban J connectivity index is 1.98. The van der Waals surface area contributed by atoms with E-state index in [-0.39, 0.29) is 12.0 Å². The largest absolute Gasteiger partial charge is 0.396 e. The number of anilines is 2. The van der Waals surface area contributed by atoms with Gasteiger partial charge in [-0.15, -0.1) is 0 Å². The molecule has 0 radical (unpaired) electrons. The molecule has 1 aromatic heterocycles. The van der Waals surface area contributed by atoms with Crippen LogP contribution in [-0.2, 0) is 0 Å². The maximum absolute atomic E-state index is 9.58. The molecule has 1 aliphatic rings. The lowest BCUT2D eigenvalue weighted by molar-refractivity contribution is 0.0943. The number of rotatable bonds is 4. The van der Waals surface area contributed by atoms with Crippen LogP contribution in [0, 0.1) is 5.41 Å². The molecule has 0 atom stereocenters. The summed E-state index contributed by atoms with van der Waals surface area (Å²) in [6.45, 7) is 0.954. The average molecular weight is 236 g/mol. The molecule has 1 aromatic rings. The standard InChI is InChI=1S/C12H20N4O/c13-10-6-14-9-16-11(10)15-7-12(8-17)4-2-1-3-5-12/h6,9,17H,1-5,7-8,13H2,(H,14,15,16). The highest BCUT2D eigenvalue weighted by atomic mass is 16.3. The van der Waals surface area contributed by atoms with Crippen LogP contribution >= 0.6 is 0 Å². The summed E-state index contributed by atoms with van der Waals surface area (Å²) < 4.78 is 0. The normalized spacial score (nSPS) is 18.9. The summed E-state index contributed by atoms with van der Waals surface area (Å²) in [5, 5.41) is 12.8. The van der Waals surface area contributed by atoms with Gasteiger partial charge in [-0.1, -0.05) is 19.3 Å². The second-order valence-electron chi connectivity index (χ2n) is 4.90. The molecule has 1 aliphatic carbocycles. The summed E-state index contributed by atoms with van der Waals surface area (Å²) in [6.07, 6.45) is 8.87. The molecule has 1 saturated carbocycles. The molecule has 0 saturated heterocycles. The highest BCUT2D eigenvalue weighted by Crippen LogP contribution is 2.36. The first kappa shape index (κ1) is 12.1. The van der Waals surface area contributed by atoms with Gasteiger partial charge in [-0.3, -0.25) is 0 Å². The highest BCUT2D eigenvalue weighted by molar-refractivity contribution is 5.58. The number of aromatic nitrogens is 2. The number of aliphatic hydroxyl groups excluding tert-OH is 1. The van der Waals surface area contributed by atoms with Crippen LogP contribution in [-0.4, -0.2) is 28.2 Å². The van der Waals surface area contributed by atoms with E-state index in [0.29, 0.717) is 11.5 Å². The van der Waals surface area contributed by atoms with Crippen molar-refractivity contribution in [2.24, 2.45) is 5.41 Å². The Morgan fingerprint density at radius 2 is 2.12 bits per heavy atom. The molecule has 1 heterocycles. The van der Waals surface area contributed by atoms with Gasteiger partial charge in [0, 0.05) is 12.0 Å². The van der Waals surface area contributed by atoms with Crippen molar-refractivity contribution in [3.63, 3.8) is 0 Å². The van der Waals surface area contributed by atoms with E-state index < -0.39 is 0 Å². The molecule has 4 N–H and O–H groups in total. The van der Waals surface area contributed by atoms with E-state index >= 15 is 0 Å². The van der Waals surface area contributed by atoms with Crippen molar-refractivity contribution in [3.05, 3.63) is 12.5 Å². The molecule has 5 heteroatoms. The Morgan fingerprint density at radius 1 is 1.35 bits per heavy atom. The molecule has 2 rings (SSSR count). The van der Waals surface area contributed by atoms with Crippen LogP contribution in [0.3, 0.4) is 0 Å². The zero-order valence-corrected chi connectivity index (χ0v) is 10.0. The van der Waals surface area contributed by atoms with Gasteiger partial charge in [0.1, 0.15) is 6.33 Å². The fraction of sp³-hybridized carbons (Fsp3) is 0.667. The van der Waals surface area contributed by atoms with Gasteiger partial charge in [-0.25, -0.2) is 9.97 Å². The molecule has 94 valence electrons. The summed E-state index contributed by atoms with van der Waals surface area (Å²) in [5.41, 5.74) is 6.32. The molecule has 1 fully saturated rings. The van der Waals surface area contributed by atoms with Gasteiger partial charge in [0.15, 0.2) is 5.82 Å². The van der Waals surface area contributed by atoms with Crippen LogP contribution in [0.25, 0.3) is 0 Å². The zero-order chi connectivity index (χ0) is 12.1. The van der Waals surface area contributed by atoms with Crippen molar-refractivity contribution in [2.75, 3.05) is 24.2 Å². The molecule has 17 heavy (non-hydrogen) atoms. The molecule has 0 spiro atoms. The van der Waals surface area contributed by atoms with E-state index in [4.69, 9.17) is 5.73 Å². The van der Waals surface area contributed by atoms with Crippen molar-refractivity contribution < 1.29 is 5.11 Å². The lowest BCUT2D eigenvalue weighted by Gasteiger charge is -2.35. The van der Waals surface area contributed by atoms with Crippen molar-refractivity contribution >= 4 is 11.5 Å². The van der Waals surface area contributed by atoms with E-state index in [0.717, 1.165) is 19.4 Å². The highest BCUT2D eigenvalue weighted by Gasteiger charge is 2.31. The first-order valence-corrected chi connectivity index (χ1v) is 6.16. The van der Waals surface area contributed by atoms with Crippen molar-refractivity contribution in [1.29, 1.82) is 0 Å². The monoisotopic (exact) mass is 236 g/mol. The van der Waals surface area contributed by atoms with Crippen molar-refractivity contribution in [3.8, 4) is 0 Å². The molecule has 0 bridgehead atoms. The molecule has 0 unspecified atom stereocenters. The maximum atomic E-state index is 9.58. The molecule has 5 nitrogen and oxygen atoms in total. The summed E-state index contributed by atoms with van der Waals surface area (Å²) in [7, 11) is 0. The second-order valence-corrected chi connectivity index (χ2v) is 4.90. The number of hydrogen-bond donors (Lipinski definition) is 3. The van der Waals surface area contributed by atoms with Gasteiger partial charge in [-0.05, 0) is 12.8 Å². The van der Waals surface area contributed by atoms with Crippen LogP contribution in [0.2, 0.25) is 0 Å². The topological polar surface area (TPSA) is 84.1 Å². The van der Waals surface area contributed by atoms with Gasteiger partial charge in [-0.2, -0.15) is 0 Å². The third-order valence-corrected chi connectivity index (χ3v) is 3.62. The predicted molar refractivity (Wildman–Crippen MR) is 67.5 cm³/mol.